The van der Waals surface area contributed by atoms with E-state index in [1.807, 2.05) is 13.8 Å². The number of hydrogen-bond acceptors (Lipinski definition) is 10. The summed E-state index contributed by atoms with van der Waals surface area (Å²) in [5.41, 5.74) is 5.88. The maximum atomic E-state index is 13.4. The Morgan fingerprint density at radius 3 is 1.63 bits per heavy atom. The van der Waals surface area contributed by atoms with E-state index in [-0.39, 0.29) is 45.6 Å². The molecule has 0 aromatic heterocycles. The van der Waals surface area contributed by atoms with Crippen LogP contribution in [0.15, 0.2) is 4.76 Å². The molecule has 0 aromatic carbocycles. The van der Waals surface area contributed by atoms with Crippen molar-refractivity contribution in [2.75, 3.05) is 46.7 Å². The average molecular weight is 570 g/mol. The number of rotatable bonds is 19. The van der Waals surface area contributed by atoms with Crippen molar-refractivity contribution in [3.63, 3.8) is 0 Å². The third kappa shape index (κ3) is 16.3. The summed E-state index contributed by atoms with van der Waals surface area (Å²) in [6.07, 6.45) is 1.52. The van der Waals surface area contributed by atoms with Crippen molar-refractivity contribution < 1.29 is 52.1 Å². The second kappa shape index (κ2) is 19.5. The van der Waals surface area contributed by atoms with Crippen molar-refractivity contribution in [2.24, 2.45) is 22.3 Å². The van der Waals surface area contributed by atoms with Crippen molar-refractivity contribution in [2.45, 2.75) is 66.3 Å². The maximum Gasteiger partial charge on any atom is 0.508 e. The number of nitrogens with two attached hydrogens (primary N) is 1. The molecule has 0 amide bonds. The molecule has 3 atom stereocenters. The average Bonchev–Trinajstić information content (AvgIpc) is 2.87. The summed E-state index contributed by atoms with van der Waals surface area (Å²) < 4.78 is 48.0. The second-order valence-corrected chi connectivity index (χ2v) is 10.5. The first-order valence-electron chi connectivity index (χ1n) is 12.6. The maximum absolute atomic E-state index is 13.4. The third-order valence-electron chi connectivity index (χ3n) is 4.98. The van der Waals surface area contributed by atoms with E-state index in [0.29, 0.717) is 12.8 Å². The molecule has 0 spiro atoms. The van der Waals surface area contributed by atoms with Crippen LogP contribution in [0.2, 0.25) is 0 Å². The van der Waals surface area contributed by atoms with Crippen molar-refractivity contribution in [1.29, 1.82) is 0 Å². The van der Waals surface area contributed by atoms with Gasteiger partial charge in [0.25, 0.3) is 0 Å². The van der Waals surface area contributed by atoms with Gasteiger partial charge in [-0.3, -0.25) is 9.05 Å². The Kier molecular flexibility index (Phi) is 18.2. The monoisotopic (exact) mass is 569 g/mol. The van der Waals surface area contributed by atoms with E-state index in [0.717, 1.165) is 17.7 Å². The summed E-state index contributed by atoms with van der Waals surface area (Å²) in [7, 11) is -2.90. The molecule has 0 aromatic rings. The lowest BCUT2D eigenvalue weighted by Crippen LogP contribution is -2.44. The molecule has 38 heavy (non-hydrogen) atoms. The minimum absolute atomic E-state index is 0.0789. The van der Waals surface area contributed by atoms with Gasteiger partial charge in [-0.1, -0.05) is 40.5 Å². The van der Waals surface area contributed by atoms with Crippen LogP contribution in [0.1, 0.15) is 60.3 Å². The Balaban J connectivity index is 5.15. The van der Waals surface area contributed by atoms with Crippen molar-refractivity contribution in [3.8, 4) is 0 Å². The van der Waals surface area contributed by atoms with Gasteiger partial charge in [-0.2, -0.15) is 0 Å². The highest BCUT2D eigenvalue weighted by Gasteiger charge is 2.30. The second-order valence-electron chi connectivity index (χ2n) is 8.88. The van der Waals surface area contributed by atoms with Crippen LogP contribution in [0.25, 0.3) is 0 Å². The quantitative estimate of drug-likeness (QED) is 0.0747. The van der Waals surface area contributed by atoms with Crippen LogP contribution in [0, 0.1) is 11.8 Å². The number of hydrogen-bond donors (Lipinski definition) is 2. The van der Waals surface area contributed by atoms with Gasteiger partial charge in [0.05, 0.1) is 39.6 Å². The molecule has 0 heterocycles. The Labute approximate surface area is 224 Å². The number of guanidine groups is 1. The molecule has 0 fully saturated rings. The minimum atomic E-state index is -4.26. The molecule has 3 unspecified atom stereocenters. The molecule has 0 saturated heterocycles. The molecule has 0 rings (SSSR count). The number of carboxylic acids is 1. The van der Waals surface area contributed by atoms with Gasteiger partial charge in [-0.25, -0.2) is 18.9 Å². The lowest BCUT2D eigenvalue weighted by Gasteiger charge is -2.24. The molecule has 15 heteroatoms. The molecular weight excluding hydrogens is 525 g/mol. The van der Waals surface area contributed by atoms with Gasteiger partial charge in [0, 0.05) is 18.9 Å². The molecule has 0 saturated carbocycles. The Morgan fingerprint density at radius 2 is 1.26 bits per heavy atom. The van der Waals surface area contributed by atoms with Gasteiger partial charge >= 0.3 is 26.0 Å². The lowest BCUT2D eigenvalue weighted by molar-refractivity contribution is -0.140. The zero-order valence-corrected chi connectivity index (χ0v) is 24.1. The molecule has 14 nitrogen and oxygen atoms in total. The van der Waals surface area contributed by atoms with E-state index in [4.69, 9.17) is 33.7 Å². The molecule has 222 valence electrons. The largest absolute Gasteiger partial charge is 0.508 e. The molecule has 0 aliphatic carbocycles. The molecule has 0 radical (unpaired) electrons. The highest BCUT2D eigenvalue weighted by atomic mass is 31.2. The zero-order chi connectivity index (χ0) is 29.1. The van der Waals surface area contributed by atoms with Crippen LogP contribution in [-0.4, -0.2) is 87.0 Å². The van der Waals surface area contributed by atoms with Gasteiger partial charge in [-0.05, 0) is 19.8 Å². The van der Waals surface area contributed by atoms with Crippen LogP contribution in [-0.2, 0) is 37.4 Å². The zero-order valence-electron chi connectivity index (χ0n) is 23.3. The number of carbonyl (C=O) groups excluding carboxylic acids is 2. The molecular formula is C23H44N3O11P. The number of carbonyl (C=O) groups is 3. The van der Waals surface area contributed by atoms with Crippen LogP contribution in [0.4, 0.5) is 9.59 Å². The number of nitrogens with zero attached hydrogens (tertiary/aromatic N) is 2. The topological polar surface area (TPSA) is 186 Å². The lowest BCUT2D eigenvalue weighted by atomic mass is 10.2. The molecule has 3 N–H and O–H groups in total. The van der Waals surface area contributed by atoms with Crippen molar-refractivity contribution in [3.05, 3.63) is 0 Å². The number of carboxylic acid groups (broad SMARTS) is 1. The van der Waals surface area contributed by atoms with Crippen molar-refractivity contribution in [1.82, 2.24) is 4.90 Å². The fourth-order valence-electron chi connectivity index (χ4n) is 2.30. The van der Waals surface area contributed by atoms with E-state index in [1.54, 1.807) is 13.8 Å². The fourth-order valence-corrected chi connectivity index (χ4v) is 3.77. The predicted octanol–water partition coefficient (Wildman–Crippen LogP) is 4.03. The summed E-state index contributed by atoms with van der Waals surface area (Å²) in [6, 6.07) is -1.07. The fraction of sp³-hybridized carbons (Fsp3) is 0.826. The Morgan fingerprint density at radius 1 is 0.842 bits per heavy atom. The van der Waals surface area contributed by atoms with Crippen LogP contribution in [0.3, 0.4) is 0 Å². The first-order chi connectivity index (χ1) is 17.8. The van der Waals surface area contributed by atoms with Gasteiger partial charge in [0.1, 0.15) is 6.04 Å². The first-order valence-corrected chi connectivity index (χ1v) is 14.1. The number of unbranched alkanes of at least 4 members (excludes halogenated alkanes) is 2. The Bertz CT molecular complexity index is 757. The number of aliphatic carboxylic acids is 1. The highest BCUT2D eigenvalue weighted by Crippen LogP contribution is 2.50. The summed E-state index contributed by atoms with van der Waals surface area (Å²) >= 11 is 0. The summed E-state index contributed by atoms with van der Waals surface area (Å²) in [4.78, 5) is 35.6. The van der Waals surface area contributed by atoms with E-state index in [1.165, 1.54) is 14.0 Å². The third-order valence-corrected chi connectivity index (χ3v) is 6.38. The number of likely N-dealkylation sites (N-methyl/N-ethyl adjacent to an activating group) is 1. The molecule has 0 aliphatic heterocycles. The highest BCUT2D eigenvalue weighted by molar-refractivity contribution is 7.52. The van der Waals surface area contributed by atoms with Crippen molar-refractivity contribution >= 4 is 32.0 Å². The smallest absolute Gasteiger partial charge is 0.480 e. The van der Waals surface area contributed by atoms with Gasteiger partial charge in [0.2, 0.25) is 5.96 Å². The van der Waals surface area contributed by atoms with E-state index in [9.17, 15) is 24.1 Å². The standard InChI is InChI=1S/C23H44N3O11P/c1-7-9-11-32-22(29)34-13-17(3)15-36-38(31,25-21(24)26(6)19(5)20(27)28)37-16-18(4)14-35-23(30)33-12-10-8-2/h17-19H,7-16H2,1-6H3,(H,27,28)(H2,24,25,31). The normalized spacial score (nSPS) is 15.5. The van der Waals surface area contributed by atoms with Crippen LogP contribution >= 0.6 is 7.75 Å². The van der Waals surface area contributed by atoms with Crippen LogP contribution < -0.4 is 5.73 Å². The summed E-state index contributed by atoms with van der Waals surface area (Å²) in [5, 5.41) is 9.21. The van der Waals surface area contributed by atoms with E-state index in [2.05, 4.69) is 4.76 Å². The van der Waals surface area contributed by atoms with E-state index < -0.39 is 43.9 Å². The Hall–Kier alpha value is -2.57. The van der Waals surface area contributed by atoms with Gasteiger partial charge < -0.3 is 34.7 Å². The summed E-state index contributed by atoms with van der Waals surface area (Å²) in [6.45, 7) is 8.60. The van der Waals surface area contributed by atoms with E-state index >= 15 is 0 Å². The van der Waals surface area contributed by atoms with Crippen LogP contribution in [0.5, 0.6) is 0 Å². The SMILES string of the molecule is CCCCOC(=O)OCC(C)COP(=O)(N=C(N)N(C)C(C)C(=O)O)OCC(C)COC(=O)OCCCC. The first kappa shape index (κ1) is 35.4. The molecule has 0 aliphatic rings. The van der Waals surface area contributed by atoms with Gasteiger partial charge in [0.15, 0.2) is 0 Å². The number of ether oxygens (including phenoxy) is 4. The summed E-state index contributed by atoms with van der Waals surface area (Å²) in [5.74, 6) is -2.39. The van der Waals surface area contributed by atoms with Gasteiger partial charge in [-0.15, -0.1) is 4.76 Å². The predicted molar refractivity (Wildman–Crippen MR) is 139 cm³/mol. The molecule has 0 bridgehead atoms. The minimum Gasteiger partial charge on any atom is -0.480 e.